The second-order valence-corrected chi connectivity index (χ2v) is 66.5. The van der Waals surface area contributed by atoms with Crippen molar-refractivity contribution in [3.8, 4) is 0 Å². The maximum Gasteiger partial charge on any atom is 0.169 e. The molecule has 87 heavy (non-hydrogen) atoms. The van der Waals surface area contributed by atoms with E-state index < -0.39 is 98.0 Å². The van der Waals surface area contributed by atoms with E-state index in [9.17, 15) is 28.7 Å². The third-order valence-electron chi connectivity index (χ3n) is 17.3. The van der Waals surface area contributed by atoms with Gasteiger partial charge in [-0.2, -0.15) is 0 Å². The van der Waals surface area contributed by atoms with Crippen LogP contribution in [0.3, 0.4) is 0 Å². The van der Waals surface area contributed by atoms with Gasteiger partial charge in [-0.3, -0.25) is 0 Å². The van der Waals surface area contributed by atoms with Crippen LogP contribution in [0.4, 0.5) is 0 Å². The Balaban J connectivity index is -0.000000325. The first-order valence-corrected chi connectivity index (χ1v) is 66.7. The zero-order valence-electron chi connectivity index (χ0n) is 61.0. The topological polar surface area (TPSA) is 126 Å². The molecule has 0 unspecified atom stereocenters. The van der Waals surface area contributed by atoms with Crippen LogP contribution < -0.4 is 19.6 Å². The van der Waals surface area contributed by atoms with Crippen molar-refractivity contribution in [1.82, 2.24) is 0 Å². The van der Waals surface area contributed by atoms with Crippen LogP contribution >= 0.6 is 38.4 Å². The fourth-order valence-electron chi connectivity index (χ4n) is 11.3. The van der Waals surface area contributed by atoms with Gasteiger partial charge in [-0.15, -0.1) is 0 Å². The van der Waals surface area contributed by atoms with Gasteiger partial charge >= 0.3 is 524 Å². The predicted molar refractivity (Wildman–Crippen MR) is 400 cm³/mol. The van der Waals surface area contributed by atoms with Crippen LogP contribution in [-0.4, -0.2) is 82.9 Å². The first-order chi connectivity index (χ1) is 41.9. The largest absolute Gasteiger partial charge is 0.808 e. The van der Waals surface area contributed by atoms with Gasteiger partial charge in [0.2, 0.25) is 0 Å². The van der Waals surface area contributed by atoms with Crippen LogP contribution in [0, 0.1) is 0 Å². The Morgan fingerprint density at radius 3 is 0.356 bits per heavy atom. The minimum Gasteiger partial charge on any atom is -0.808 e. The average molecular weight is 1740 g/mol. The molecule has 0 aromatic carbocycles. The quantitative estimate of drug-likeness (QED) is 0.0258. The fourth-order valence-corrected chi connectivity index (χ4v) is 46.7. The smallest absolute Gasteiger partial charge is 0.169 e. The molecule has 0 saturated carbocycles. The Kier molecular flexibility index (Phi) is 92.6. The number of rotatable bonds is 62. The molecule has 0 radical (unpaired) electrons. The molecule has 0 amide bonds. The van der Waals surface area contributed by atoms with E-state index in [0.717, 1.165) is 0 Å². The van der Waals surface area contributed by atoms with Crippen molar-refractivity contribution in [1.29, 1.82) is 0 Å². The molecule has 0 N–H and O–H groups in total. The maximum absolute atomic E-state index is 9.94. The molecule has 6 nitrogen and oxygen atoms in total. The van der Waals surface area contributed by atoms with E-state index in [1.807, 2.05) is 0 Å². The van der Waals surface area contributed by atoms with Crippen LogP contribution in [0.25, 0.3) is 0 Å². The molecule has 0 aliphatic carbocycles. The average Bonchev–Trinajstić information content (AvgIpc) is 3.31. The van der Waals surface area contributed by atoms with Gasteiger partial charge in [0.05, 0.1) is 0 Å². The van der Waals surface area contributed by atoms with E-state index in [2.05, 4.69) is 106 Å². The van der Waals surface area contributed by atoms with Crippen molar-refractivity contribution in [2.45, 2.75) is 448 Å². The van der Waals surface area contributed by atoms with Crippen LogP contribution in [0.15, 0.2) is 0 Å². The molecule has 0 fully saturated rings. The predicted octanol–water partition coefficient (Wildman–Crippen LogP) is 26.8. The summed E-state index contributed by atoms with van der Waals surface area (Å²) in [5.41, 5.74) is 0. The number of hydrogen-bond acceptors (Lipinski definition) is 6. The van der Waals surface area contributed by atoms with Crippen molar-refractivity contribution in [3.05, 3.63) is 0 Å². The number of hydrogen-bond donors (Lipinski definition) is 0. The molecule has 0 aliphatic rings. The SMILES string of the molecule is CCCCC[CH2][Sn+]([CH2]CCCCC)[CH2]CCCCC.CCCCC[CH2][Sn+]([CH2]CCCCC)[CH2]CCCCC.CCCCC[CH2][Sn+]([CH2]CCCCC)[CH2]CCCCC.CCCCC[CH2][Sn+]([CH2]CCCCC)[CH2]CCCCC.O=P([O-])([O-])C(Cl)(Cl)P(=O)([O-])[O-]. The summed E-state index contributed by atoms with van der Waals surface area (Å²) in [6.07, 6.45) is 71.5. The second-order valence-electron chi connectivity index (χ2n) is 26.2. The Labute approximate surface area is 588 Å². The van der Waals surface area contributed by atoms with E-state index in [1.165, 1.54) is 231 Å². The molecule has 0 aliphatic heterocycles. The van der Waals surface area contributed by atoms with Gasteiger partial charge in [0.15, 0.2) is 3.82 Å². The van der Waals surface area contributed by atoms with Gasteiger partial charge in [0, 0.05) is 0 Å². The minimum absolute atomic E-state index is 0.948. The fraction of sp³-hybridized carbons (Fsp3) is 1.00. The molecule has 524 valence electrons. The monoisotopic (exact) mass is 1740 g/mol. The van der Waals surface area contributed by atoms with E-state index >= 15 is 0 Å². The number of halogens is 2. The molecular formula is C73H156Cl2O6P2Sn4. The zero-order valence-corrected chi connectivity index (χ0v) is 75.7. The van der Waals surface area contributed by atoms with Crippen LogP contribution in [-0.2, 0) is 9.13 Å². The summed E-state index contributed by atoms with van der Waals surface area (Å²) in [5.74, 6) is 0. The van der Waals surface area contributed by atoms with E-state index in [-0.39, 0.29) is 0 Å². The molecule has 0 atom stereocenters. The van der Waals surface area contributed by atoms with E-state index in [0.29, 0.717) is 0 Å². The summed E-state index contributed by atoms with van der Waals surface area (Å²) in [7, 11) is -11.7. The summed E-state index contributed by atoms with van der Waals surface area (Å²) < 4.78 is 36.6. The normalized spacial score (nSPS) is 11.4. The van der Waals surface area contributed by atoms with Gasteiger partial charge < -0.3 is 28.7 Å². The molecule has 0 saturated heterocycles. The van der Waals surface area contributed by atoms with Crippen LogP contribution in [0.1, 0.15) is 391 Å². The maximum atomic E-state index is 9.94. The van der Waals surface area contributed by atoms with Crippen LogP contribution in [0.5, 0.6) is 0 Å². The van der Waals surface area contributed by atoms with Crippen molar-refractivity contribution in [2.24, 2.45) is 0 Å². The first kappa shape index (κ1) is 99.7. The molecule has 0 aromatic heterocycles. The van der Waals surface area contributed by atoms with Gasteiger partial charge in [-0.1, -0.05) is 23.2 Å². The van der Waals surface area contributed by atoms with E-state index in [4.69, 9.17) is 0 Å². The summed E-state index contributed by atoms with van der Waals surface area (Å²) >= 11 is 5.16. The molecule has 0 bridgehead atoms. The Bertz CT molecular complexity index is 1070. The third-order valence-corrected chi connectivity index (χ3v) is 58.9. The minimum atomic E-state index is -5.85. The van der Waals surface area contributed by atoms with Crippen molar-refractivity contribution in [3.63, 3.8) is 0 Å². The Morgan fingerprint density at radius 2 is 0.299 bits per heavy atom. The van der Waals surface area contributed by atoms with Crippen molar-refractivity contribution < 1.29 is 28.7 Å². The summed E-state index contributed by atoms with van der Waals surface area (Å²) in [6, 6.07) is 0. The van der Waals surface area contributed by atoms with Gasteiger partial charge in [0.25, 0.3) is 0 Å². The molecular weight excluding hydrogens is 1580 g/mol. The summed E-state index contributed by atoms with van der Waals surface area (Å²) in [5, 5.41) is 0. The summed E-state index contributed by atoms with van der Waals surface area (Å²) in [4.78, 5) is 39.7. The second kappa shape index (κ2) is 80.8. The molecule has 14 heteroatoms. The number of unbranched alkanes of at least 4 members (excludes halogenated alkanes) is 36. The standard InChI is InChI=1S/12C6H13.CH4Cl2O6P2.4Sn/c12*1-3-5-6-4-2;2-1(3,10(4,5)6)11(7,8)9;;;;/h12*1,3-6H2,2H3;(H2,4,5,6)(H2,7,8,9);;;;/q;;;;;;;;;;;;;4*+1/p-4. The van der Waals surface area contributed by atoms with Crippen LogP contribution in [0.2, 0.25) is 53.2 Å². The van der Waals surface area contributed by atoms with Gasteiger partial charge in [-0.05, 0) is 15.2 Å². The Morgan fingerprint density at radius 1 is 0.207 bits per heavy atom. The van der Waals surface area contributed by atoms with E-state index in [1.54, 1.807) is 130 Å². The van der Waals surface area contributed by atoms with Crippen molar-refractivity contribution >= 4 is 117 Å². The van der Waals surface area contributed by atoms with Gasteiger partial charge in [0.1, 0.15) is 0 Å². The molecule has 0 heterocycles. The van der Waals surface area contributed by atoms with Crippen molar-refractivity contribution in [2.75, 3.05) is 0 Å². The number of alkyl halides is 2. The van der Waals surface area contributed by atoms with Gasteiger partial charge in [-0.25, -0.2) is 0 Å². The zero-order chi connectivity index (χ0) is 66.2. The Hall–Kier alpha value is 4.07. The molecule has 0 spiro atoms. The molecule has 0 rings (SSSR count). The first-order valence-electron chi connectivity index (χ1n) is 38.6. The third kappa shape index (κ3) is 79.0. The molecule has 0 aromatic rings. The summed E-state index contributed by atoms with van der Waals surface area (Å²) in [6.45, 7) is 27.9.